The van der Waals surface area contributed by atoms with Gasteiger partial charge in [-0.3, -0.25) is 9.69 Å². The summed E-state index contributed by atoms with van der Waals surface area (Å²) in [5.41, 5.74) is 4.86. The van der Waals surface area contributed by atoms with Crippen LogP contribution in [0.25, 0.3) is 11.1 Å². The molecule has 0 unspecified atom stereocenters. The van der Waals surface area contributed by atoms with Gasteiger partial charge in [0.05, 0.1) is 0 Å². The van der Waals surface area contributed by atoms with E-state index in [9.17, 15) is 14.4 Å². The van der Waals surface area contributed by atoms with Crippen molar-refractivity contribution in [2.24, 2.45) is 0 Å². The largest absolute Gasteiger partial charge is 0.480 e. The van der Waals surface area contributed by atoms with E-state index in [1.54, 1.807) is 20.8 Å². The fourth-order valence-electron chi connectivity index (χ4n) is 3.59. The first-order chi connectivity index (χ1) is 15.1. The predicted octanol–water partition coefficient (Wildman–Crippen LogP) is 3.81. The number of hydrogen-bond donors (Lipinski definition) is 2. The number of alkyl carbamates (subject to hydrolysis) is 1. The molecule has 32 heavy (non-hydrogen) atoms. The van der Waals surface area contributed by atoms with E-state index < -0.39 is 30.3 Å². The van der Waals surface area contributed by atoms with Crippen molar-refractivity contribution in [2.45, 2.75) is 39.4 Å². The number of carbonyl (C=O) groups excluding carboxylic acids is 2. The minimum Gasteiger partial charge on any atom is -0.480 e. The first kappa shape index (κ1) is 23.1. The van der Waals surface area contributed by atoms with Crippen molar-refractivity contribution in [1.29, 1.82) is 0 Å². The van der Waals surface area contributed by atoms with Crippen molar-refractivity contribution in [3.8, 4) is 11.1 Å². The molecule has 1 aliphatic rings. The number of amides is 2. The van der Waals surface area contributed by atoms with Crippen molar-refractivity contribution < 1.29 is 29.0 Å². The zero-order valence-electron chi connectivity index (χ0n) is 18.5. The van der Waals surface area contributed by atoms with Gasteiger partial charge in [0.1, 0.15) is 18.8 Å². The van der Waals surface area contributed by atoms with E-state index in [2.05, 4.69) is 17.4 Å². The van der Waals surface area contributed by atoms with Crippen LogP contribution in [0.5, 0.6) is 0 Å². The van der Waals surface area contributed by atoms with Crippen molar-refractivity contribution in [1.82, 2.24) is 10.2 Å². The molecule has 2 amide bonds. The molecule has 1 aliphatic carbocycles. The molecule has 0 aliphatic heterocycles. The first-order valence-electron chi connectivity index (χ1n) is 10.4. The van der Waals surface area contributed by atoms with E-state index in [-0.39, 0.29) is 19.7 Å². The maximum atomic E-state index is 12.6. The highest BCUT2D eigenvalue weighted by atomic mass is 16.6. The molecule has 0 bridgehead atoms. The van der Waals surface area contributed by atoms with Crippen molar-refractivity contribution in [3.05, 3.63) is 59.2 Å². The number of rotatable bonds is 7. The molecule has 2 N–H and O–H groups in total. The number of carboxylic acids is 1. The molecule has 3 rings (SSSR count). The molecule has 2 aromatic carbocycles. The summed E-state index contributed by atoms with van der Waals surface area (Å²) in [6, 6.07) is 14.0. The third-order valence-corrected chi connectivity index (χ3v) is 4.93. The molecule has 8 nitrogen and oxygen atoms in total. The summed E-state index contributed by atoms with van der Waals surface area (Å²) in [7, 11) is 0. The van der Waals surface area contributed by atoms with Gasteiger partial charge in [-0.15, -0.1) is 0 Å². The van der Waals surface area contributed by atoms with E-state index in [0.717, 1.165) is 28.0 Å². The normalized spacial score (nSPS) is 11.8. The minimum atomic E-state index is -1.17. The molecule has 170 valence electrons. The number of hydrogen-bond acceptors (Lipinski definition) is 5. The lowest BCUT2D eigenvalue weighted by molar-refractivity contribution is -0.138. The van der Waals surface area contributed by atoms with Gasteiger partial charge in [0.2, 0.25) is 0 Å². The number of nitrogens with one attached hydrogen (secondary N) is 1. The lowest BCUT2D eigenvalue weighted by Gasteiger charge is -2.22. The van der Waals surface area contributed by atoms with Gasteiger partial charge in [-0.2, -0.15) is 0 Å². The summed E-state index contributed by atoms with van der Waals surface area (Å²) in [5.74, 6) is -1.17. The molecule has 2 aromatic rings. The Hall–Kier alpha value is -3.55. The van der Waals surface area contributed by atoms with Crippen LogP contribution in [0.15, 0.2) is 42.5 Å². The zero-order chi connectivity index (χ0) is 23.3. The molecular formula is C24H28N2O6. The lowest BCUT2D eigenvalue weighted by Crippen LogP contribution is -2.42. The molecule has 0 fully saturated rings. The Labute approximate surface area is 187 Å². The second kappa shape index (κ2) is 9.72. The molecule has 0 heterocycles. The Morgan fingerprint density at radius 2 is 1.78 bits per heavy atom. The fourth-order valence-corrected chi connectivity index (χ4v) is 3.59. The maximum absolute atomic E-state index is 12.6. The minimum absolute atomic E-state index is 0.0251. The van der Waals surface area contributed by atoms with Gasteiger partial charge in [0.15, 0.2) is 0 Å². The number of carboxylic acid groups (broad SMARTS) is 1. The monoisotopic (exact) mass is 440 g/mol. The molecule has 8 heteroatoms. The van der Waals surface area contributed by atoms with Gasteiger partial charge in [-0.25, -0.2) is 9.59 Å². The van der Waals surface area contributed by atoms with Crippen LogP contribution in [0.1, 0.15) is 37.5 Å². The summed E-state index contributed by atoms with van der Waals surface area (Å²) < 4.78 is 10.6. The zero-order valence-corrected chi connectivity index (χ0v) is 18.5. The van der Waals surface area contributed by atoms with E-state index in [4.69, 9.17) is 14.6 Å². The highest BCUT2D eigenvalue weighted by molar-refractivity contribution is 5.79. The summed E-state index contributed by atoms with van der Waals surface area (Å²) in [5, 5.41) is 11.7. The maximum Gasteiger partial charge on any atom is 0.410 e. The second-order valence-electron chi connectivity index (χ2n) is 8.58. The van der Waals surface area contributed by atoms with Crippen LogP contribution in [0.3, 0.4) is 0 Å². The lowest BCUT2D eigenvalue weighted by atomic mass is 10.0. The molecule has 0 aromatic heterocycles. The molecular weight excluding hydrogens is 412 g/mol. The van der Waals surface area contributed by atoms with Crippen LogP contribution in [0, 0.1) is 0 Å². The number of ether oxygens (including phenoxy) is 2. The number of nitrogens with zero attached hydrogens (tertiary/aromatic N) is 1. The molecule has 0 atom stereocenters. The molecule has 0 radical (unpaired) electrons. The number of carbonyl (C=O) groups is 3. The Balaban J connectivity index is 1.59. The first-order valence-corrected chi connectivity index (χ1v) is 10.4. The third kappa shape index (κ3) is 6.00. The Morgan fingerprint density at radius 3 is 2.50 bits per heavy atom. The molecule has 0 saturated carbocycles. The highest BCUT2D eigenvalue weighted by Gasteiger charge is 2.23. The highest BCUT2D eigenvalue weighted by Crippen LogP contribution is 2.38. The van der Waals surface area contributed by atoms with Crippen LogP contribution in [0.4, 0.5) is 9.59 Å². The summed E-state index contributed by atoms with van der Waals surface area (Å²) in [6.07, 6.45) is -0.634. The van der Waals surface area contributed by atoms with E-state index in [1.165, 1.54) is 11.1 Å². The molecule has 0 spiro atoms. The summed E-state index contributed by atoms with van der Waals surface area (Å²) in [6.45, 7) is 4.72. The average molecular weight is 440 g/mol. The topological polar surface area (TPSA) is 105 Å². The summed E-state index contributed by atoms with van der Waals surface area (Å²) in [4.78, 5) is 36.6. The van der Waals surface area contributed by atoms with Crippen LogP contribution in [-0.4, -0.2) is 53.4 Å². The third-order valence-electron chi connectivity index (χ3n) is 4.93. The van der Waals surface area contributed by atoms with E-state index in [1.807, 2.05) is 30.3 Å². The van der Waals surface area contributed by atoms with Crippen LogP contribution < -0.4 is 5.32 Å². The number of fused-ring (bicyclic) bond motifs is 3. The smallest absolute Gasteiger partial charge is 0.410 e. The van der Waals surface area contributed by atoms with Gasteiger partial charge in [-0.05, 0) is 55.0 Å². The quantitative estimate of drug-likeness (QED) is 0.579. The molecule has 0 saturated heterocycles. The Bertz CT molecular complexity index is 1010. The van der Waals surface area contributed by atoms with Gasteiger partial charge >= 0.3 is 18.2 Å². The standard InChI is InChI=1S/C24H28N2O6/c1-24(2,3)32-22(29)25-11-12-26(14-21(27)28)23(30)31-15-17-8-6-10-19-18-9-5-4-7-16(18)13-20(17)19/h4-10H,11-15H2,1-3H3,(H,25,29)(H,27,28). The summed E-state index contributed by atoms with van der Waals surface area (Å²) >= 11 is 0. The van der Waals surface area contributed by atoms with Gasteiger partial charge in [0.25, 0.3) is 0 Å². The van der Waals surface area contributed by atoms with Crippen LogP contribution in [-0.2, 0) is 27.3 Å². The van der Waals surface area contributed by atoms with Crippen molar-refractivity contribution in [2.75, 3.05) is 19.6 Å². The SMILES string of the molecule is CC(C)(C)OC(=O)NCCN(CC(=O)O)C(=O)OCc1cccc2c1Cc1ccccc1-2. The van der Waals surface area contributed by atoms with Gasteiger partial charge < -0.3 is 19.9 Å². The van der Waals surface area contributed by atoms with Gasteiger partial charge in [-0.1, -0.05) is 42.5 Å². The van der Waals surface area contributed by atoms with Gasteiger partial charge in [0, 0.05) is 13.1 Å². The number of aliphatic carboxylic acids is 1. The van der Waals surface area contributed by atoms with Crippen molar-refractivity contribution >= 4 is 18.2 Å². The van der Waals surface area contributed by atoms with Crippen molar-refractivity contribution in [3.63, 3.8) is 0 Å². The van der Waals surface area contributed by atoms with Crippen LogP contribution in [0.2, 0.25) is 0 Å². The van der Waals surface area contributed by atoms with E-state index in [0.29, 0.717) is 0 Å². The second-order valence-corrected chi connectivity index (χ2v) is 8.58. The number of benzene rings is 2. The predicted molar refractivity (Wildman–Crippen MR) is 118 cm³/mol. The Kier molecular flexibility index (Phi) is 7.02. The Morgan fingerprint density at radius 1 is 1.06 bits per heavy atom. The van der Waals surface area contributed by atoms with E-state index >= 15 is 0 Å². The fraction of sp³-hybridized carbons (Fsp3) is 0.375. The van der Waals surface area contributed by atoms with Crippen LogP contribution >= 0.6 is 0 Å². The average Bonchev–Trinajstić information content (AvgIpc) is 3.09.